The normalized spacial score (nSPS) is 24.9. The van der Waals surface area contributed by atoms with Gasteiger partial charge in [-0.05, 0) is 56.1 Å². The maximum Gasteiger partial charge on any atom is 0.314 e. The lowest BCUT2D eigenvalue weighted by Gasteiger charge is -2.27. The predicted octanol–water partition coefficient (Wildman–Crippen LogP) is 5.22. The number of hydrogen-bond donors (Lipinski definition) is 0. The van der Waals surface area contributed by atoms with Crippen LogP contribution in [0.15, 0.2) is 12.1 Å². The van der Waals surface area contributed by atoms with Gasteiger partial charge >= 0.3 is 11.9 Å². The van der Waals surface area contributed by atoms with Crippen LogP contribution in [-0.2, 0) is 16.0 Å². The van der Waals surface area contributed by atoms with E-state index >= 15 is 0 Å². The van der Waals surface area contributed by atoms with Crippen LogP contribution in [-0.4, -0.2) is 11.9 Å². The van der Waals surface area contributed by atoms with Crippen molar-refractivity contribution in [2.24, 2.45) is 17.8 Å². The zero-order chi connectivity index (χ0) is 19.4. The highest BCUT2D eigenvalue weighted by molar-refractivity contribution is 5.79. The van der Waals surface area contributed by atoms with E-state index in [1.54, 1.807) is 6.07 Å². The molecule has 0 amide bonds. The minimum Gasteiger partial charge on any atom is -0.423 e. The van der Waals surface area contributed by atoms with Crippen LogP contribution < -0.4 is 9.47 Å². The Kier molecular flexibility index (Phi) is 6.51. The van der Waals surface area contributed by atoms with Crippen LogP contribution in [0.5, 0.6) is 11.5 Å². The number of carbonyl (C=O) groups is 2. The van der Waals surface area contributed by atoms with Gasteiger partial charge in [-0.15, -0.1) is 0 Å². The SMILES string of the molecule is CCCC1CCC(C(=O)Oc2ccc3c(c2F)OC(=O)C(CCC)C3)CC1. The van der Waals surface area contributed by atoms with Gasteiger partial charge in [-0.25, -0.2) is 0 Å². The molecule has 0 N–H and O–H groups in total. The Labute approximate surface area is 160 Å². The molecular weight excluding hydrogens is 347 g/mol. The van der Waals surface area contributed by atoms with Gasteiger partial charge in [0.05, 0.1) is 11.8 Å². The second-order valence-electron chi connectivity index (χ2n) is 7.90. The molecule has 0 radical (unpaired) electrons. The molecule has 1 aliphatic carbocycles. The molecule has 1 aromatic rings. The first-order valence-corrected chi connectivity index (χ1v) is 10.3. The average Bonchev–Trinajstić information content (AvgIpc) is 2.66. The van der Waals surface area contributed by atoms with E-state index in [2.05, 4.69) is 6.92 Å². The minimum absolute atomic E-state index is 0.0793. The fourth-order valence-electron chi connectivity index (χ4n) is 4.32. The summed E-state index contributed by atoms with van der Waals surface area (Å²) in [5.74, 6) is -1.46. The Morgan fingerprint density at radius 1 is 1.15 bits per heavy atom. The third-order valence-electron chi connectivity index (χ3n) is 5.87. The Bertz CT molecular complexity index is 692. The number of ether oxygens (including phenoxy) is 2. The van der Waals surface area contributed by atoms with Crippen molar-refractivity contribution in [3.63, 3.8) is 0 Å². The summed E-state index contributed by atoms with van der Waals surface area (Å²) in [5, 5.41) is 0. The minimum atomic E-state index is -0.746. The summed E-state index contributed by atoms with van der Waals surface area (Å²) >= 11 is 0. The highest BCUT2D eigenvalue weighted by atomic mass is 19.1. The van der Waals surface area contributed by atoms with Crippen LogP contribution in [0.4, 0.5) is 4.39 Å². The van der Waals surface area contributed by atoms with E-state index in [9.17, 15) is 14.0 Å². The third kappa shape index (κ3) is 4.50. The zero-order valence-corrected chi connectivity index (χ0v) is 16.3. The fourth-order valence-corrected chi connectivity index (χ4v) is 4.32. The Balaban J connectivity index is 1.66. The number of carbonyl (C=O) groups excluding carboxylic acids is 2. The molecule has 0 aromatic heterocycles. The predicted molar refractivity (Wildman–Crippen MR) is 100 cm³/mol. The molecule has 1 heterocycles. The van der Waals surface area contributed by atoms with Crippen molar-refractivity contribution < 1.29 is 23.5 Å². The molecule has 3 rings (SSSR count). The molecule has 0 saturated heterocycles. The van der Waals surface area contributed by atoms with Crippen molar-refractivity contribution in [1.29, 1.82) is 0 Å². The monoisotopic (exact) mass is 376 g/mol. The molecule has 1 fully saturated rings. The molecule has 1 atom stereocenters. The molecule has 27 heavy (non-hydrogen) atoms. The summed E-state index contributed by atoms with van der Waals surface area (Å²) < 4.78 is 25.4. The van der Waals surface area contributed by atoms with Gasteiger partial charge in [-0.1, -0.05) is 39.2 Å². The van der Waals surface area contributed by atoms with E-state index in [1.807, 2.05) is 6.92 Å². The topological polar surface area (TPSA) is 52.6 Å². The molecule has 1 aliphatic heterocycles. The summed E-state index contributed by atoms with van der Waals surface area (Å²) in [6.45, 7) is 4.18. The van der Waals surface area contributed by atoms with E-state index in [-0.39, 0.29) is 29.3 Å². The molecule has 5 heteroatoms. The van der Waals surface area contributed by atoms with Crippen LogP contribution in [0.3, 0.4) is 0 Å². The van der Waals surface area contributed by atoms with Gasteiger partial charge in [-0.3, -0.25) is 9.59 Å². The van der Waals surface area contributed by atoms with Crippen LogP contribution in [0.25, 0.3) is 0 Å². The van der Waals surface area contributed by atoms with Crippen molar-refractivity contribution in [2.75, 3.05) is 0 Å². The second-order valence-corrected chi connectivity index (χ2v) is 7.90. The largest absolute Gasteiger partial charge is 0.423 e. The van der Waals surface area contributed by atoms with Crippen LogP contribution in [0.1, 0.15) is 70.8 Å². The van der Waals surface area contributed by atoms with Crippen LogP contribution in [0.2, 0.25) is 0 Å². The summed E-state index contributed by atoms with van der Waals surface area (Å²) in [6.07, 6.45) is 8.06. The van der Waals surface area contributed by atoms with E-state index in [0.29, 0.717) is 17.9 Å². The Morgan fingerprint density at radius 3 is 2.52 bits per heavy atom. The number of benzene rings is 1. The first kappa shape index (κ1) is 19.8. The van der Waals surface area contributed by atoms with Gasteiger partial charge < -0.3 is 9.47 Å². The maximum atomic E-state index is 14.8. The molecule has 4 nitrogen and oxygen atoms in total. The van der Waals surface area contributed by atoms with E-state index in [4.69, 9.17) is 9.47 Å². The van der Waals surface area contributed by atoms with Gasteiger partial charge in [0.25, 0.3) is 0 Å². The molecular formula is C22H29FO4. The van der Waals surface area contributed by atoms with E-state index in [1.165, 1.54) is 12.5 Å². The quantitative estimate of drug-likeness (QED) is 0.505. The highest BCUT2D eigenvalue weighted by Crippen LogP contribution is 2.38. The van der Waals surface area contributed by atoms with Crippen LogP contribution >= 0.6 is 0 Å². The summed E-state index contributed by atoms with van der Waals surface area (Å²) in [7, 11) is 0. The second kappa shape index (κ2) is 8.85. The lowest BCUT2D eigenvalue weighted by Crippen LogP contribution is -2.29. The van der Waals surface area contributed by atoms with E-state index in [0.717, 1.165) is 44.9 Å². The number of hydrogen-bond acceptors (Lipinski definition) is 4. The first-order chi connectivity index (χ1) is 13.0. The summed E-state index contributed by atoms with van der Waals surface area (Å²) in [4.78, 5) is 24.5. The molecule has 1 saturated carbocycles. The Morgan fingerprint density at radius 2 is 1.85 bits per heavy atom. The highest BCUT2D eigenvalue weighted by Gasteiger charge is 2.33. The van der Waals surface area contributed by atoms with Crippen molar-refractivity contribution in [3.8, 4) is 11.5 Å². The van der Waals surface area contributed by atoms with Gasteiger partial charge in [-0.2, -0.15) is 4.39 Å². The first-order valence-electron chi connectivity index (χ1n) is 10.3. The van der Waals surface area contributed by atoms with Gasteiger partial charge in [0.2, 0.25) is 5.82 Å². The van der Waals surface area contributed by atoms with Crippen molar-refractivity contribution in [3.05, 3.63) is 23.5 Å². The molecule has 0 bridgehead atoms. The lowest BCUT2D eigenvalue weighted by molar-refractivity contribution is -0.140. The molecule has 148 valence electrons. The molecule has 1 aromatic carbocycles. The van der Waals surface area contributed by atoms with Gasteiger partial charge in [0.15, 0.2) is 11.5 Å². The van der Waals surface area contributed by atoms with Crippen LogP contribution in [0, 0.1) is 23.6 Å². The fraction of sp³-hybridized carbons (Fsp3) is 0.636. The lowest BCUT2D eigenvalue weighted by atomic mass is 9.80. The number of esters is 2. The number of halogens is 1. The van der Waals surface area contributed by atoms with Gasteiger partial charge in [0, 0.05) is 0 Å². The summed E-state index contributed by atoms with van der Waals surface area (Å²) in [6, 6.07) is 3.19. The van der Waals surface area contributed by atoms with Crippen molar-refractivity contribution in [1.82, 2.24) is 0 Å². The smallest absolute Gasteiger partial charge is 0.314 e. The zero-order valence-electron chi connectivity index (χ0n) is 16.3. The third-order valence-corrected chi connectivity index (χ3v) is 5.87. The van der Waals surface area contributed by atoms with E-state index < -0.39 is 11.8 Å². The van der Waals surface area contributed by atoms with Crippen molar-refractivity contribution >= 4 is 11.9 Å². The molecule has 0 spiro atoms. The maximum absolute atomic E-state index is 14.8. The summed E-state index contributed by atoms with van der Waals surface area (Å²) in [5.41, 5.74) is 0.658. The molecule has 1 unspecified atom stereocenters. The number of fused-ring (bicyclic) bond motifs is 1. The molecule has 2 aliphatic rings. The average molecular weight is 376 g/mol. The van der Waals surface area contributed by atoms with Gasteiger partial charge in [0.1, 0.15) is 0 Å². The van der Waals surface area contributed by atoms with Crippen molar-refractivity contribution in [2.45, 2.75) is 71.6 Å². The standard InChI is InChI=1S/C22H29FO4/c1-3-5-14-7-9-15(10-8-14)21(24)26-18-12-11-16-13-17(6-4-2)22(25)27-20(16)19(18)23/h11-12,14-15,17H,3-10,13H2,1-2H3. The number of rotatable bonds is 6. The Hall–Kier alpha value is -1.91.